The molecule has 2 aliphatic carbocycles. The first kappa shape index (κ1) is 25.2. The number of benzene rings is 1. The summed E-state index contributed by atoms with van der Waals surface area (Å²) in [6.07, 6.45) is 18.9. The smallest absolute Gasteiger partial charge is 0.147 e. The van der Waals surface area contributed by atoms with Crippen molar-refractivity contribution in [2.45, 2.75) is 122 Å². The maximum atomic E-state index is 12.8. The lowest BCUT2D eigenvalue weighted by molar-refractivity contribution is -0.135. The zero-order valence-electron chi connectivity index (χ0n) is 20.7. The molecule has 1 aromatic rings. The van der Waals surface area contributed by atoms with Crippen molar-refractivity contribution in [2.75, 3.05) is 0 Å². The van der Waals surface area contributed by atoms with E-state index in [1.165, 1.54) is 69.8 Å². The average molecular weight is 439 g/mol. The van der Waals surface area contributed by atoms with Crippen molar-refractivity contribution >= 4 is 11.6 Å². The SMILES string of the molecule is CCCCCCC[C@H]1CC[C@H](c2ccc(CC(=O)C3CCC(CCC)CC3=O)cc2)CC1. The summed E-state index contributed by atoms with van der Waals surface area (Å²) in [4.78, 5) is 25.3. The molecule has 3 rings (SSSR count). The van der Waals surface area contributed by atoms with Gasteiger partial charge in [0.15, 0.2) is 0 Å². The Labute approximate surface area is 197 Å². The molecule has 0 heterocycles. The van der Waals surface area contributed by atoms with E-state index in [1.54, 1.807) is 0 Å². The highest BCUT2D eigenvalue weighted by molar-refractivity contribution is 6.03. The van der Waals surface area contributed by atoms with Crippen molar-refractivity contribution in [1.82, 2.24) is 0 Å². The van der Waals surface area contributed by atoms with Gasteiger partial charge in [-0.2, -0.15) is 0 Å². The van der Waals surface area contributed by atoms with Gasteiger partial charge in [0.25, 0.3) is 0 Å². The first-order valence-corrected chi connectivity index (χ1v) is 13.7. The summed E-state index contributed by atoms with van der Waals surface area (Å²) in [7, 11) is 0. The number of unbranched alkanes of at least 4 members (excludes halogenated alkanes) is 4. The lowest BCUT2D eigenvalue weighted by atomic mass is 9.76. The van der Waals surface area contributed by atoms with E-state index in [9.17, 15) is 9.59 Å². The van der Waals surface area contributed by atoms with Gasteiger partial charge in [-0.3, -0.25) is 9.59 Å². The molecule has 2 heteroatoms. The highest BCUT2D eigenvalue weighted by Crippen LogP contribution is 2.38. The molecule has 0 amide bonds. The molecule has 0 radical (unpaired) electrons. The van der Waals surface area contributed by atoms with E-state index in [-0.39, 0.29) is 17.5 Å². The number of Topliss-reactive ketones (excluding diaryl/α,β-unsaturated/α-hetero) is 2. The Bertz CT molecular complexity index is 696. The molecule has 0 bridgehead atoms. The molecule has 2 unspecified atom stereocenters. The number of carbonyl (C=O) groups excluding carboxylic acids is 2. The quantitative estimate of drug-likeness (QED) is 0.243. The third-order valence-electron chi connectivity index (χ3n) is 8.22. The second-order valence-corrected chi connectivity index (χ2v) is 10.8. The van der Waals surface area contributed by atoms with Crippen LogP contribution >= 0.6 is 0 Å². The summed E-state index contributed by atoms with van der Waals surface area (Å²) in [6, 6.07) is 8.77. The molecule has 1 aromatic carbocycles. The molecule has 2 saturated carbocycles. The number of carbonyl (C=O) groups is 2. The molecule has 2 atom stereocenters. The second-order valence-electron chi connectivity index (χ2n) is 10.8. The Hall–Kier alpha value is -1.44. The van der Waals surface area contributed by atoms with Crippen LogP contribution in [0.1, 0.15) is 127 Å². The highest BCUT2D eigenvalue weighted by Gasteiger charge is 2.32. The minimum absolute atomic E-state index is 0.136. The minimum atomic E-state index is -0.347. The van der Waals surface area contributed by atoms with Crippen molar-refractivity contribution in [3.05, 3.63) is 35.4 Å². The summed E-state index contributed by atoms with van der Waals surface area (Å²) in [5, 5.41) is 0. The van der Waals surface area contributed by atoms with Gasteiger partial charge < -0.3 is 0 Å². The largest absolute Gasteiger partial charge is 0.299 e. The van der Waals surface area contributed by atoms with Crippen LogP contribution in [-0.2, 0) is 16.0 Å². The van der Waals surface area contributed by atoms with Crippen LogP contribution < -0.4 is 0 Å². The molecule has 2 fully saturated rings. The summed E-state index contributed by atoms with van der Waals surface area (Å²) in [5.74, 6) is 2.11. The minimum Gasteiger partial charge on any atom is -0.299 e. The Morgan fingerprint density at radius 3 is 2.12 bits per heavy atom. The topological polar surface area (TPSA) is 34.1 Å². The molecule has 0 aliphatic heterocycles. The molecule has 2 nitrogen and oxygen atoms in total. The van der Waals surface area contributed by atoms with E-state index in [0.29, 0.717) is 24.7 Å². The number of rotatable bonds is 12. The molecule has 0 saturated heterocycles. The third-order valence-corrected chi connectivity index (χ3v) is 8.22. The van der Waals surface area contributed by atoms with Crippen molar-refractivity contribution in [2.24, 2.45) is 17.8 Å². The third kappa shape index (κ3) is 7.56. The van der Waals surface area contributed by atoms with Crippen LogP contribution in [0.15, 0.2) is 24.3 Å². The average Bonchev–Trinajstić information content (AvgIpc) is 2.80. The number of hydrogen-bond acceptors (Lipinski definition) is 2. The Kier molecular flexibility index (Phi) is 10.5. The van der Waals surface area contributed by atoms with E-state index in [4.69, 9.17) is 0 Å². The van der Waals surface area contributed by atoms with E-state index in [0.717, 1.165) is 37.2 Å². The first-order chi connectivity index (χ1) is 15.6. The van der Waals surface area contributed by atoms with Crippen LogP contribution in [0.3, 0.4) is 0 Å². The van der Waals surface area contributed by atoms with Gasteiger partial charge in [0.2, 0.25) is 0 Å². The van der Waals surface area contributed by atoms with Gasteiger partial charge in [0.1, 0.15) is 11.6 Å². The van der Waals surface area contributed by atoms with E-state index in [1.807, 2.05) is 0 Å². The van der Waals surface area contributed by atoms with Crippen molar-refractivity contribution in [3.8, 4) is 0 Å². The zero-order chi connectivity index (χ0) is 22.8. The van der Waals surface area contributed by atoms with Crippen LogP contribution in [0.4, 0.5) is 0 Å². The van der Waals surface area contributed by atoms with E-state index >= 15 is 0 Å². The van der Waals surface area contributed by atoms with Gasteiger partial charge in [-0.05, 0) is 67.4 Å². The summed E-state index contributed by atoms with van der Waals surface area (Å²) >= 11 is 0. The van der Waals surface area contributed by atoms with Crippen LogP contribution in [0.5, 0.6) is 0 Å². The zero-order valence-corrected chi connectivity index (χ0v) is 20.7. The van der Waals surface area contributed by atoms with Gasteiger partial charge in [0, 0.05) is 12.8 Å². The van der Waals surface area contributed by atoms with Gasteiger partial charge in [-0.1, -0.05) is 89.5 Å². The Balaban J connectivity index is 1.41. The van der Waals surface area contributed by atoms with Crippen molar-refractivity contribution in [3.63, 3.8) is 0 Å². The summed E-state index contributed by atoms with van der Waals surface area (Å²) in [6.45, 7) is 4.46. The van der Waals surface area contributed by atoms with Crippen molar-refractivity contribution < 1.29 is 9.59 Å². The Morgan fingerprint density at radius 1 is 0.781 bits per heavy atom. The number of ketones is 2. The fourth-order valence-electron chi connectivity index (χ4n) is 6.14. The van der Waals surface area contributed by atoms with E-state index < -0.39 is 0 Å². The van der Waals surface area contributed by atoms with Crippen LogP contribution in [0.2, 0.25) is 0 Å². The van der Waals surface area contributed by atoms with Gasteiger partial charge in [0.05, 0.1) is 5.92 Å². The summed E-state index contributed by atoms with van der Waals surface area (Å²) in [5.41, 5.74) is 2.52. The van der Waals surface area contributed by atoms with E-state index in [2.05, 4.69) is 38.1 Å². The molecule has 0 spiro atoms. The van der Waals surface area contributed by atoms with Gasteiger partial charge in [-0.25, -0.2) is 0 Å². The molecule has 178 valence electrons. The van der Waals surface area contributed by atoms with Crippen LogP contribution in [0, 0.1) is 17.8 Å². The normalized spacial score (nSPS) is 26.2. The maximum absolute atomic E-state index is 12.8. The summed E-state index contributed by atoms with van der Waals surface area (Å²) < 4.78 is 0. The molecular weight excluding hydrogens is 392 g/mol. The molecular formula is C30H46O2. The second kappa shape index (κ2) is 13.3. The maximum Gasteiger partial charge on any atom is 0.147 e. The first-order valence-electron chi connectivity index (χ1n) is 13.7. The standard InChI is InChI=1S/C30H46O2/c1-3-5-6-7-8-10-23-11-16-26(17-12-23)27-18-13-25(14-19-27)22-30(32)28-20-15-24(9-4-2)21-29(28)31/h13-14,18-19,23-24,26,28H,3-12,15-17,20-22H2,1-2H3/t23-,24?,26-,28?. The van der Waals surface area contributed by atoms with Gasteiger partial charge in [-0.15, -0.1) is 0 Å². The van der Waals surface area contributed by atoms with Crippen LogP contribution in [0.25, 0.3) is 0 Å². The molecule has 32 heavy (non-hydrogen) atoms. The molecule has 2 aliphatic rings. The fraction of sp³-hybridized carbons (Fsp3) is 0.733. The predicted octanol–water partition coefficient (Wildman–Crippen LogP) is 8.22. The number of hydrogen-bond donors (Lipinski definition) is 0. The predicted molar refractivity (Wildman–Crippen MR) is 134 cm³/mol. The lowest BCUT2D eigenvalue weighted by Crippen LogP contribution is -2.32. The van der Waals surface area contributed by atoms with Crippen molar-refractivity contribution in [1.29, 1.82) is 0 Å². The van der Waals surface area contributed by atoms with Gasteiger partial charge >= 0.3 is 0 Å². The molecule has 0 aromatic heterocycles. The Morgan fingerprint density at radius 2 is 1.47 bits per heavy atom. The lowest BCUT2D eigenvalue weighted by Gasteiger charge is -2.29. The monoisotopic (exact) mass is 438 g/mol. The highest BCUT2D eigenvalue weighted by atomic mass is 16.1. The van der Waals surface area contributed by atoms with Crippen LogP contribution in [-0.4, -0.2) is 11.6 Å². The molecule has 0 N–H and O–H groups in total. The fourth-order valence-corrected chi connectivity index (χ4v) is 6.14.